The standard InChI is InChI=1S/C11H21N5O/c1-4-5-13-9-6-10(15-11(12)14-9)16(3)7-8(2)17/h6,8,17H,4-5,7H2,1-3H3,(H3,12,13,14,15). The van der Waals surface area contributed by atoms with Crippen molar-refractivity contribution in [2.24, 2.45) is 0 Å². The minimum Gasteiger partial charge on any atom is -0.392 e. The predicted molar refractivity (Wildman–Crippen MR) is 70.2 cm³/mol. The average molecular weight is 239 g/mol. The Labute approximate surface area is 102 Å². The number of nitrogens with one attached hydrogen (secondary N) is 1. The van der Waals surface area contributed by atoms with Crippen LogP contribution in [0.25, 0.3) is 0 Å². The van der Waals surface area contributed by atoms with Gasteiger partial charge in [-0.2, -0.15) is 9.97 Å². The van der Waals surface area contributed by atoms with E-state index in [4.69, 9.17) is 5.73 Å². The fraction of sp³-hybridized carbons (Fsp3) is 0.636. The lowest BCUT2D eigenvalue weighted by atomic mass is 10.3. The third-order valence-corrected chi connectivity index (χ3v) is 2.22. The van der Waals surface area contributed by atoms with Crippen molar-refractivity contribution in [2.75, 3.05) is 36.1 Å². The van der Waals surface area contributed by atoms with Crippen molar-refractivity contribution >= 4 is 17.6 Å². The highest BCUT2D eigenvalue weighted by atomic mass is 16.3. The molecular formula is C11H21N5O. The molecule has 6 heteroatoms. The van der Waals surface area contributed by atoms with Crippen molar-refractivity contribution in [3.05, 3.63) is 6.07 Å². The summed E-state index contributed by atoms with van der Waals surface area (Å²) in [5.74, 6) is 1.65. The fourth-order valence-electron chi connectivity index (χ4n) is 1.48. The van der Waals surface area contributed by atoms with E-state index in [0.29, 0.717) is 18.2 Å². The van der Waals surface area contributed by atoms with E-state index in [2.05, 4.69) is 22.2 Å². The maximum atomic E-state index is 9.33. The monoisotopic (exact) mass is 239 g/mol. The first kappa shape index (κ1) is 13.5. The number of nitrogens with two attached hydrogens (primary N) is 1. The molecular weight excluding hydrogens is 218 g/mol. The summed E-state index contributed by atoms with van der Waals surface area (Å²) in [6.45, 7) is 5.16. The molecule has 4 N–H and O–H groups in total. The van der Waals surface area contributed by atoms with E-state index in [0.717, 1.165) is 13.0 Å². The van der Waals surface area contributed by atoms with Crippen molar-refractivity contribution in [1.82, 2.24) is 9.97 Å². The minimum atomic E-state index is -0.414. The lowest BCUT2D eigenvalue weighted by Gasteiger charge is -2.20. The van der Waals surface area contributed by atoms with Gasteiger partial charge in [0.2, 0.25) is 5.95 Å². The van der Waals surface area contributed by atoms with Gasteiger partial charge in [0, 0.05) is 26.2 Å². The highest BCUT2D eigenvalue weighted by Crippen LogP contribution is 2.16. The van der Waals surface area contributed by atoms with Crippen molar-refractivity contribution in [1.29, 1.82) is 0 Å². The number of nitrogens with zero attached hydrogens (tertiary/aromatic N) is 3. The van der Waals surface area contributed by atoms with Crippen LogP contribution in [0.1, 0.15) is 20.3 Å². The van der Waals surface area contributed by atoms with Crippen LogP contribution in [-0.4, -0.2) is 41.3 Å². The highest BCUT2D eigenvalue weighted by molar-refractivity contribution is 5.52. The zero-order valence-corrected chi connectivity index (χ0v) is 10.6. The van der Waals surface area contributed by atoms with Gasteiger partial charge in [0.1, 0.15) is 11.6 Å². The van der Waals surface area contributed by atoms with Crippen LogP contribution < -0.4 is 16.0 Å². The Morgan fingerprint density at radius 3 is 2.82 bits per heavy atom. The molecule has 0 radical (unpaired) electrons. The zero-order chi connectivity index (χ0) is 12.8. The van der Waals surface area contributed by atoms with Gasteiger partial charge >= 0.3 is 0 Å². The molecule has 1 unspecified atom stereocenters. The topological polar surface area (TPSA) is 87.3 Å². The molecule has 1 aromatic heterocycles. The number of aliphatic hydroxyl groups is 1. The van der Waals surface area contributed by atoms with Crippen molar-refractivity contribution in [3.8, 4) is 0 Å². The summed E-state index contributed by atoms with van der Waals surface area (Å²) in [7, 11) is 1.86. The molecule has 1 heterocycles. The third-order valence-electron chi connectivity index (χ3n) is 2.22. The Hall–Kier alpha value is -1.56. The number of aromatic nitrogens is 2. The Balaban J connectivity index is 2.80. The molecule has 0 saturated heterocycles. The highest BCUT2D eigenvalue weighted by Gasteiger charge is 2.08. The quantitative estimate of drug-likeness (QED) is 0.677. The molecule has 0 aliphatic heterocycles. The van der Waals surface area contributed by atoms with Gasteiger partial charge in [-0.25, -0.2) is 0 Å². The summed E-state index contributed by atoms with van der Waals surface area (Å²) in [5, 5.41) is 12.5. The lowest BCUT2D eigenvalue weighted by Crippen LogP contribution is -2.28. The first-order chi connectivity index (χ1) is 8.02. The van der Waals surface area contributed by atoms with Crippen LogP contribution in [0.15, 0.2) is 6.07 Å². The first-order valence-electron chi connectivity index (χ1n) is 5.80. The van der Waals surface area contributed by atoms with Gasteiger partial charge in [-0.15, -0.1) is 0 Å². The van der Waals surface area contributed by atoms with E-state index in [-0.39, 0.29) is 5.95 Å². The summed E-state index contributed by atoms with van der Waals surface area (Å²) in [6, 6.07) is 1.83. The summed E-state index contributed by atoms with van der Waals surface area (Å²) in [4.78, 5) is 10.1. The van der Waals surface area contributed by atoms with Crippen LogP contribution in [0, 0.1) is 0 Å². The number of likely N-dealkylation sites (N-methyl/N-ethyl adjacent to an activating group) is 1. The van der Waals surface area contributed by atoms with Crippen LogP contribution in [0.2, 0.25) is 0 Å². The molecule has 0 aliphatic rings. The number of hydrogen-bond donors (Lipinski definition) is 3. The van der Waals surface area contributed by atoms with Gasteiger partial charge in [0.05, 0.1) is 6.10 Å². The second-order valence-electron chi connectivity index (χ2n) is 4.13. The van der Waals surface area contributed by atoms with Gasteiger partial charge < -0.3 is 21.1 Å². The molecule has 0 fully saturated rings. The average Bonchev–Trinajstić information content (AvgIpc) is 2.24. The van der Waals surface area contributed by atoms with Crippen molar-refractivity contribution in [2.45, 2.75) is 26.4 Å². The third kappa shape index (κ3) is 4.44. The van der Waals surface area contributed by atoms with E-state index >= 15 is 0 Å². The number of hydrogen-bond acceptors (Lipinski definition) is 6. The number of rotatable bonds is 6. The van der Waals surface area contributed by atoms with E-state index in [1.54, 1.807) is 6.92 Å². The first-order valence-corrected chi connectivity index (χ1v) is 5.80. The zero-order valence-electron chi connectivity index (χ0n) is 10.6. The molecule has 0 spiro atoms. The van der Waals surface area contributed by atoms with E-state index in [9.17, 15) is 5.11 Å². The second-order valence-corrected chi connectivity index (χ2v) is 4.13. The summed E-state index contributed by atoms with van der Waals surface area (Å²) < 4.78 is 0. The molecule has 0 bridgehead atoms. The smallest absolute Gasteiger partial charge is 0.223 e. The molecule has 0 aromatic carbocycles. The Morgan fingerprint density at radius 2 is 2.24 bits per heavy atom. The van der Waals surface area contributed by atoms with E-state index in [1.807, 2.05) is 18.0 Å². The Bertz CT molecular complexity index is 356. The van der Waals surface area contributed by atoms with Crippen LogP contribution >= 0.6 is 0 Å². The summed E-state index contributed by atoms with van der Waals surface area (Å²) in [5.41, 5.74) is 5.65. The van der Waals surface area contributed by atoms with E-state index in [1.165, 1.54) is 0 Å². The molecule has 1 rings (SSSR count). The van der Waals surface area contributed by atoms with Crippen LogP contribution in [-0.2, 0) is 0 Å². The summed E-state index contributed by atoms with van der Waals surface area (Å²) in [6.07, 6.45) is 0.603. The SMILES string of the molecule is CCCNc1cc(N(C)CC(C)O)nc(N)n1. The molecule has 0 amide bonds. The predicted octanol–water partition coefficient (Wildman–Crippen LogP) is 0.698. The largest absolute Gasteiger partial charge is 0.392 e. The fourth-order valence-corrected chi connectivity index (χ4v) is 1.48. The summed E-state index contributed by atoms with van der Waals surface area (Å²) >= 11 is 0. The minimum absolute atomic E-state index is 0.235. The van der Waals surface area contributed by atoms with Gasteiger partial charge in [0.15, 0.2) is 0 Å². The second kappa shape index (κ2) is 6.24. The molecule has 96 valence electrons. The van der Waals surface area contributed by atoms with Crippen LogP contribution in [0.5, 0.6) is 0 Å². The lowest BCUT2D eigenvalue weighted by molar-refractivity contribution is 0.201. The van der Waals surface area contributed by atoms with E-state index < -0.39 is 6.10 Å². The molecule has 1 aromatic rings. The number of anilines is 3. The Morgan fingerprint density at radius 1 is 1.53 bits per heavy atom. The molecule has 0 aliphatic carbocycles. The normalized spacial score (nSPS) is 12.2. The maximum absolute atomic E-state index is 9.33. The molecule has 6 nitrogen and oxygen atoms in total. The molecule has 17 heavy (non-hydrogen) atoms. The maximum Gasteiger partial charge on any atom is 0.223 e. The van der Waals surface area contributed by atoms with Crippen LogP contribution in [0.3, 0.4) is 0 Å². The van der Waals surface area contributed by atoms with Crippen molar-refractivity contribution in [3.63, 3.8) is 0 Å². The van der Waals surface area contributed by atoms with Gasteiger partial charge in [0.25, 0.3) is 0 Å². The van der Waals surface area contributed by atoms with Gasteiger partial charge in [-0.1, -0.05) is 6.92 Å². The Kier molecular flexibility index (Phi) is 4.96. The molecule has 1 atom stereocenters. The van der Waals surface area contributed by atoms with Crippen LogP contribution in [0.4, 0.5) is 17.6 Å². The number of nitrogen functional groups attached to an aromatic ring is 1. The molecule has 0 saturated carbocycles. The van der Waals surface area contributed by atoms with Crippen molar-refractivity contribution < 1.29 is 5.11 Å². The van der Waals surface area contributed by atoms with Gasteiger partial charge in [-0.05, 0) is 13.3 Å². The van der Waals surface area contributed by atoms with Gasteiger partial charge in [-0.3, -0.25) is 0 Å². The number of aliphatic hydroxyl groups excluding tert-OH is 1.